The van der Waals surface area contributed by atoms with Crippen molar-refractivity contribution in [1.29, 1.82) is 0 Å². The molecule has 0 aliphatic carbocycles. The van der Waals surface area contributed by atoms with E-state index in [2.05, 4.69) is 31.5 Å². The Morgan fingerprint density at radius 2 is 1.90 bits per heavy atom. The molecule has 6 nitrogen and oxygen atoms in total. The molecule has 2 aromatic heterocycles. The van der Waals surface area contributed by atoms with Gasteiger partial charge in [0.1, 0.15) is 5.82 Å². The van der Waals surface area contributed by atoms with Crippen LogP contribution in [0.4, 0.5) is 10.2 Å². The third kappa shape index (κ3) is 4.55. The number of halogens is 3. The van der Waals surface area contributed by atoms with E-state index in [4.69, 9.17) is 16.1 Å². The monoisotopic (exact) mass is 474 g/mol. The molecular weight excluding hydrogens is 463 g/mol. The molecule has 0 aliphatic heterocycles. The maximum Gasteiger partial charge on any atom is 0.279 e. The van der Waals surface area contributed by atoms with E-state index in [1.165, 1.54) is 18.2 Å². The number of anilines is 1. The Bertz CT molecular complexity index is 1160. The summed E-state index contributed by atoms with van der Waals surface area (Å²) in [6, 6.07) is 14.6. The lowest BCUT2D eigenvalue weighted by Crippen LogP contribution is -2.13. The van der Waals surface area contributed by atoms with Crippen molar-refractivity contribution in [3.8, 4) is 11.3 Å². The van der Waals surface area contributed by atoms with Crippen molar-refractivity contribution in [3.05, 3.63) is 87.4 Å². The summed E-state index contributed by atoms with van der Waals surface area (Å²) in [6.45, 7) is 0.518. The summed E-state index contributed by atoms with van der Waals surface area (Å²) in [6.07, 6.45) is 1.76. The van der Waals surface area contributed by atoms with E-state index in [1.807, 2.05) is 12.1 Å². The second-order valence-corrected chi connectivity index (χ2v) is 7.48. The van der Waals surface area contributed by atoms with E-state index in [1.54, 1.807) is 35.1 Å². The summed E-state index contributed by atoms with van der Waals surface area (Å²) in [5.74, 6) is -0.109. The molecule has 0 aliphatic rings. The summed E-state index contributed by atoms with van der Waals surface area (Å²) in [5.41, 5.74) is 1.72. The number of amides is 1. The Morgan fingerprint density at radius 1 is 1.17 bits per heavy atom. The number of hydrogen-bond donors (Lipinski definition) is 1. The minimum absolute atomic E-state index is 0.0866. The van der Waals surface area contributed by atoms with Gasteiger partial charge in [-0.3, -0.25) is 9.48 Å². The van der Waals surface area contributed by atoms with E-state index < -0.39 is 5.91 Å². The lowest BCUT2D eigenvalue weighted by Gasteiger charge is -2.02. The second kappa shape index (κ2) is 8.18. The molecule has 0 radical (unpaired) electrons. The molecule has 1 amide bonds. The van der Waals surface area contributed by atoms with Crippen LogP contribution in [-0.2, 0) is 6.54 Å². The van der Waals surface area contributed by atoms with E-state index in [9.17, 15) is 9.18 Å². The Balaban J connectivity index is 1.46. The molecule has 9 heteroatoms. The molecule has 0 saturated heterocycles. The van der Waals surface area contributed by atoms with Crippen LogP contribution in [0.15, 0.2) is 69.8 Å². The molecule has 0 spiro atoms. The molecule has 0 saturated carbocycles. The predicted octanol–water partition coefficient (Wildman–Crippen LogP) is 5.39. The SMILES string of the molecule is O=C(Nc1nn(Cc2ccc(Cl)cc2)cc1Br)c1cc(-c2ccc(F)cc2)on1. The number of nitrogens with one attached hydrogen (secondary N) is 1. The number of carbonyl (C=O) groups excluding carboxylic acids is 1. The van der Waals surface area contributed by atoms with E-state index >= 15 is 0 Å². The number of hydrogen-bond acceptors (Lipinski definition) is 4. The molecule has 4 aromatic rings. The van der Waals surface area contributed by atoms with Crippen LogP contribution in [0, 0.1) is 5.82 Å². The Morgan fingerprint density at radius 3 is 2.62 bits per heavy atom. The van der Waals surface area contributed by atoms with Crippen molar-refractivity contribution in [2.45, 2.75) is 6.54 Å². The lowest BCUT2D eigenvalue weighted by atomic mass is 10.1. The highest BCUT2D eigenvalue weighted by Crippen LogP contribution is 2.24. The number of nitrogens with zero attached hydrogens (tertiary/aromatic N) is 3. The first kappa shape index (κ1) is 19.4. The quantitative estimate of drug-likeness (QED) is 0.420. The van der Waals surface area contributed by atoms with Crippen molar-refractivity contribution >= 4 is 39.3 Å². The van der Waals surface area contributed by atoms with Crippen LogP contribution in [0.25, 0.3) is 11.3 Å². The fourth-order valence-electron chi connectivity index (χ4n) is 2.64. The van der Waals surface area contributed by atoms with Crippen molar-refractivity contribution in [2.75, 3.05) is 5.32 Å². The molecule has 2 heterocycles. The van der Waals surface area contributed by atoms with E-state index in [-0.39, 0.29) is 11.5 Å². The average Bonchev–Trinajstić information content (AvgIpc) is 3.32. The topological polar surface area (TPSA) is 73.0 Å². The van der Waals surface area contributed by atoms with Gasteiger partial charge in [-0.25, -0.2) is 4.39 Å². The van der Waals surface area contributed by atoms with Crippen molar-refractivity contribution < 1.29 is 13.7 Å². The average molecular weight is 476 g/mol. The Kier molecular flexibility index (Phi) is 5.46. The van der Waals surface area contributed by atoms with E-state index in [0.717, 1.165) is 5.56 Å². The third-order valence-corrected chi connectivity index (χ3v) is 4.91. The Labute approximate surface area is 178 Å². The first-order chi connectivity index (χ1) is 14.0. The summed E-state index contributed by atoms with van der Waals surface area (Å²) < 4.78 is 20.6. The van der Waals surface area contributed by atoms with Crippen LogP contribution in [0.2, 0.25) is 5.02 Å². The summed E-state index contributed by atoms with van der Waals surface area (Å²) in [4.78, 5) is 12.5. The second-order valence-electron chi connectivity index (χ2n) is 6.19. The fourth-order valence-corrected chi connectivity index (χ4v) is 3.18. The zero-order valence-electron chi connectivity index (χ0n) is 14.8. The highest BCUT2D eigenvalue weighted by Gasteiger charge is 2.17. The molecule has 0 unspecified atom stereocenters. The highest BCUT2D eigenvalue weighted by molar-refractivity contribution is 9.10. The van der Waals surface area contributed by atoms with Crippen molar-refractivity contribution in [1.82, 2.24) is 14.9 Å². The molecule has 0 fully saturated rings. The van der Waals surface area contributed by atoms with Gasteiger partial charge in [-0.2, -0.15) is 5.10 Å². The van der Waals surface area contributed by atoms with Gasteiger partial charge in [0.05, 0.1) is 11.0 Å². The maximum absolute atomic E-state index is 13.0. The highest BCUT2D eigenvalue weighted by atomic mass is 79.9. The molecule has 146 valence electrons. The molecular formula is C20H13BrClFN4O2. The largest absolute Gasteiger partial charge is 0.355 e. The van der Waals surface area contributed by atoms with Gasteiger partial charge >= 0.3 is 0 Å². The zero-order valence-corrected chi connectivity index (χ0v) is 17.1. The van der Waals surface area contributed by atoms with Crippen LogP contribution in [0.5, 0.6) is 0 Å². The van der Waals surface area contributed by atoms with Crippen molar-refractivity contribution in [3.63, 3.8) is 0 Å². The molecule has 0 atom stereocenters. The third-order valence-electron chi connectivity index (χ3n) is 4.08. The van der Waals surface area contributed by atoms with Crippen LogP contribution >= 0.6 is 27.5 Å². The fraction of sp³-hybridized carbons (Fsp3) is 0.0500. The first-order valence-corrected chi connectivity index (χ1v) is 9.66. The molecule has 1 N–H and O–H groups in total. The summed E-state index contributed by atoms with van der Waals surface area (Å²) in [7, 11) is 0. The lowest BCUT2D eigenvalue weighted by molar-refractivity contribution is 0.101. The molecule has 2 aromatic carbocycles. The van der Waals surface area contributed by atoms with Crippen LogP contribution in [0.3, 0.4) is 0 Å². The first-order valence-electron chi connectivity index (χ1n) is 8.49. The molecule has 0 bridgehead atoms. The smallest absolute Gasteiger partial charge is 0.279 e. The minimum atomic E-state index is -0.473. The Hall–Kier alpha value is -2.97. The zero-order chi connectivity index (χ0) is 20.4. The summed E-state index contributed by atoms with van der Waals surface area (Å²) in [5, 5.41) is 11.5. The van der Waals surface area contributed by atoms with Gasteiger partial charge in [0.2, 0.25) is 0 Å². The number of carbonyl (C=O) groups is 1. The van der Waals surface area contributed by atoms with Gasteiger partial charge in [0.15, 0.2) is 17.3 Å². The van der Waals surface area contributed by atoms with Gasteiger partial charge in [0.25, 0.3) is 5.91 Å². The van der Waals surface area contributed by atoms with Gasteiger partial charge in [-0.05, 0) is 57.9 Å². The number of rotatable bonds is 5. The van der Waals surface area contributed by atoms with Gasteiger partial charge in [0, 0.05) is 22.8 Å². The molecule has 4 rings (SSSR count). The normalized spacial score (nSPS) is 10.9. The summed E-state index contributed by atoms with van der Waals surface area (Å²) >= 11 is 9.29. The van der Waals surface area contributed by atoms with Gasteiger partial charge in [-0.15, -0.1) is 0 Å². The predicted molar refractivity (Wildman–Crippen MR) is 110 cm³/mol. The number of aromatic nitrogens is 3. The standard InChI is InChI=1S/C20H13BrClFN4O2/c21-16-11-27(10-12-1-5-14(22)6-2-12)25-19(16)24-20(28)17-9-18(29-26-17)13-3-7-15(23)8-4-13/h1-9,11H,10H2,(H,24,25,28). The van der Waals surface area contributed by atoms with Gasteiger partial charge < -0.3 is 9.84 Å². The number of benzene rings is 2. The molecule has 29 heavy (non-hydrogen) atoms. The maximum atomic E-state index is 13.0. The van der Waals surface area contributed by atoms with Crippen LogP contribution < -0.4 is 5.32 Å². The van der Waals surface area contributed by atoms with Gasteiger partial charge in [-0.1, -0.05) is 28.9 Å². The van der Waals surface area contributed by atoms with Crippen LogP contribution in [0.1, 0.15) is 16.1 Å². The minimum Gasteiger partial charge on any atom is -0.355 e. The van der Waals surface area contributed by atoms with Crippen molar-refractivity contribution in [2.24, 2.45) is 0 Å². The van der Waals surface area contributed by atoms with E-state index in [0.29, 0.717) is 33.2 Å². The van der Waals surface area contributed by atoms with Crippen LogP contribution in [-0.4, -0.2) is 20.8 Å².